The fourth-order valence-electron chi connectivity index (χ4n) is 1.12. The van der Waals surface area contributed by atoms with Crippen LogP contribution in [0.2, 0.25) is 0 Å². The lowest BCUT2D eigenvalue weighted by molar-refractivity contribution is 0.369. The second kappa shape index (κ2) is 3.47. The van der Waals surface area contributed by atoms with Gasteiger partial charge in [-0.15, -0.1) is 0 Å². The molecule has 0 aromatic heterocycles. The molecule has 1 aliphatic heterocycles. The molecule has 0 radical (unpaired) electrons. The second-order valence-corrected chi connectivity index (χ2v) is 3.98. The Kier molecular flexibility index (Phi) is 2.86. The summed E-state index contributed by atoms with van der Waals surface area (Å²) in [6.45, 7) is 5.83. The fraction of sp³-hybridized carbons (Fsp3) is 1.00. The quantitative estimate of drug-likeness (QED) is 0.566. The highest BCUT2D eigenvalue weighted by Crippen LogP contribution is 2.20. The molecule has 0 amide bonds. The molecule has 1 aliphatic rings. The highest BCUT2D eigenvalue weighted by atomic mass is 32.2. The third-order valence-corrected chi connectivity index (χ3v) is 2.79. The first kappa shape index (κ1) is 7.42. The van der Waals surface area contributed by atoms with Crippen molar-refractivity contribution in [1.29, 1.82) is 0 Å². The van der Waals surface area contributed by atoms with Crippen LogP contribution in [0.15, 0.2) is 0 Å². The molecule has 2 heteroatoms. The average molecular weight is 145 g/mol. The van der Waals surface area contributed by atoms with Gasteiger partial charge >= 0.3 is 0 Å². The first-order valence-corrected chi connectivity index (χ1v) is 4.64. The maximum atomic E-state index is 3.33. The Morgan fingerprint density at radius 2 is 2.33 bits per heavy atom. The smallest absolute Gasteiger partial charge is 0.00896 e. The summed E-state index contributed by atoms with van der Waals surface area (Å²) in [4.78, 5) is 0. The Morgan fingerprint density at radius 1 is 1.56 bits per heavy atom. The molecule has 1 saturated heterocycles. The topological polar surface area (TPSA) is 12.0 Å². The third kappa shape index (κ3) is 2.18. The summed E-state index contributed by atoms with van der Waals surface area (Å²) in [5.41, 5.74) is 0. The summed E-state index contributed by atoms with van der Waals surface area (Å²) in [6.07, 6.45) is 1.40. The SMILES string of the molecule is CC(C)C1CCSNC1. The van der Waals surface area contributed by atoms with Gasteiger partial charge in [0.25, 0.3) is 0 Å². The zero-order valence-electron chi connectivity index (χ0n) is 6.18. The minimum atomic E-state index is 0.860. The van der Waals surface area contributed by atoms with Crippen LogP contribution in [0.3, 0.4) is 0 Å². The van der Waals surface area contributed by atoms with E-state index in [1.807, 2.05) is 11.9 Å². The number of hydrogen-bond donors (Lipinski definition) is 1. The van der Waals surface area contributed by atoms with E-state index in [2.05, 4.69) is 18.6 Å². The van der Waals surface area contributed by atoms with Crippen molar-refractivity contribution in [2.45, 2.75) is 20.3 Å². The van der Waals surface area contributed by atoms with Gasteiger partial charge in [0.2, 0.25) is 0 Å². The molecule has 0 bridgehead atoms. The van der Waals surface area contributed by atoms with Crippen molar-refractivity contribution in [1.82, 2.24) is 4.72 Å². The van der Waals surface area contributed by atoms with E-state index in [9.17, 15) is 0 Å². The van der Waals surface area contributed by atoms with Crippen molar-refractivity contribution in [3.63, 3.8) is 0 Å². The van der Waals surface area contributed by atoms with E-state index >= 15 is 0 Å². The van der Waals surface area contributed by atoms with Gasteiger partial charge in [0.05, 0.1) is 0 Å². The Labute approximate surface area is 61.7 Å². The van der Waals surface area contributed by atoms with Gasteiger partial charge < -0.3 is 0 Å². The maximum Gasteiger partial charge on any atom is 0.00896 e. The first-order valence-electron chi connectivity index (χ1n) is 3.65. The van der Waals surface area contributed by atoms with Gasteiger partial charge in [-0.05, 0) is 18.3 Å². The molecule has 1 heterocycles. The Bertz CT molecular complexity index is 77.0. The zero-order valence-corrected chi connectivity index (χ0v) is 7.00. The van der Waals surface area contributed by atoms with Crippen LogP contribution in [0, 0.1) is 11.8 Å². The molecule has 0 spiro atoms. The van der Waals surface area contributed by atoms with Gasteiger partial charge in [0, 0.05) is 12.3 Å². The number of nitrogens with one attached hydrogen (secondary N) is 1. The minimum absolute atomic E-state index is 0.860. The van der Waals surface area contributed by atoms with Crippen LogP contribution in [0.25, 0.3) is 0 Å². The summed E-state index contributed by atoms with van der Waals surface area (Å²) >= 11 is 1.87. The van der Waals surface area contributed by atoms with Crippen molar-refractivity contribution >= 4 is 11.9 Å². The van der Waals surface area contributed by atoms with E-state index in [-0.39, 0.29) is 0 Å². The highest BCUT2D eigenvalue weighted by Gasteiger charge is 2.15. The van der Waals surface area contributed by atoms with E-state index in [1.165, 1.54) is 18.7 Å². The van der Waals surface area contributed by atoms with Crippen LogP contribution in [-0.4, -0.2) is 12.3 Å². The molecule has 1 rings (SSSR count). The van der Waals surface area contributed by atoms with E-state index in [4.69, 9.17) is 0 Å². The Morgan fingerprint density at radius 3 is 2.67 bits per heavy atom. The molecule has 1 atom stereocenters. The van der Waals surface area contributed by atoms with Gasteiger partial charge in [-0.25, -0.2) is 0 Å². The number of rotatable bonds is 1. The molecule has 1 N–H and O–H groups in total. The summed E-state index contributed by atoms with van der Waals surface area (Å²) in [6, 6.07) is 0. The van der Waals surface area contributed by atoms with Crippen molar-refractivity contribution in [3.05, 3.63) is 0 Å². The van der Waals surface area contributed by atoms with Crippen molar-refractivity contribution in [2.75, 3.05) is 12.3 Å². The van der Waals surface area contributed by atoms with Gasteiger partial charge in [0.15, 0.2) is 0 Å². The Balaban J connectivity index is 2.23. The zero-order chi connectivity index (χ0) is 6.69. The lowest BCUT2D eigenvalue weighted by Gasteiger charge is -2.24. The van der Waals surface area contributed by atoms with Gasteiger partial charge in [0.1, 0.15) is 0 Å². The standard InChI is InChI=1S/C7H15NS/c1-6(2)7-3-4-9-8-5-7/h6-8H,3-5H2,1-2H3. The van der Waals surface area contributed by atoms with Gasteiger partial charge in [-0.2, -0.15) is 0 Å². The van der Waals surface area contributed by atoms with Crippen molar-refractivity contribution < 1.29 is 0 Å². The first-order chi connectivity index (χ1) is 4.30. The molecule has 0 aromatic carbocycles. The van der Waals surface area contributed by atoms with Crippen LogP contribution in [0.4, 0.5) is 0 Å². The highest BCUT2D eigenvalue weighted by molar-refractivity contribution is 7.97. The lowest BCUT2D eigenvalue weighted by atomic mass is 9.93. The molecule has 0 aromatic rings. The predicted molar refractivity (Wildman–Crippen MR) is 43.4 cm³/mol. The molecule has 0 aliphatic carbocycles. The Hall–Kier alpha value is 0.310. The fourth-order valence-corrected chi connectivity index (χ4v) is 2.02. The second-order valence-electron chi connectivity index (χ2n) is 2.99. The average Bonchev–Trinajstić information content (AvgIpc) is 1.90. The molecule has 1 nitrogen and oxygen atoms in total. The van der Waals surface area contributed by atoms with Crippen molar-refractivity contribution in [3.8, 4) is 0 Å². The third-order valence-electron chi connectivity index (χ3n) is 1.98. The van der Waals surface area contributed by atoms with E-state index in [0.29, 0.717) is 0 Å². The normalized spacial score (nSPS) is 29.0. The van der Waals surface area contributed by atoms with E-state index < -0.39 is 0 Å². The molecule has 1 fully saturated rings. The monoisotopic (exact) mass is 145 g/mol. The molecule has 0 saturated carbocycles. The van der Waals surface area contributed by atoms with E-state index in [0.717, 1.165) is 11.8 Å². The van der Waals surface area contributed by atoms with Crippen LogP contribution in [-0.2, 0) is 0 Å². The largest absolute Gasteiger partial charge is 0.264 e. The van der Waals surface area contributed by atoms with Crippen LogP contribution in [0.5, 0.6) is 0 Å². The molecule has 9 heavy (non-hydrogen) atoms. The van der Waals surface area contributed by atoms with Gasteiger partial charge in [-0.3, -0.25) is 4.72 Å². The van der Waals surface area contributed by atoms with Crippen molar-refractivity contribution in [2.24, 2.45) is 11.8 Å². The lowest BCUT2D eigenvalue weighted by Crippen LogP contribution is -2.27. The minimum Gasteiger partial charge on any atom is -0.264 e. The molecule has 54 valence electrons. The van der Waals surface area contributed by atoms with Crippen LogP contribution < -0.4 is 4.72 Å². The molecule has 1 unspecified atom stereocenters. The predicted octanol–water partition coefficient (Wildman–Crippen LogP) is 1.90. The summed E-state index contributed by atoms with van der Waals surface area (Å²) < 4.78 is 3.33. The summed E-state index contributed by atoms with van der Waals surface area (Å²) in [7, 11) is 0. The molecular weight excluding hydrogens is 130 g/mol. The van der Waals surface area contributed by atoms with Gasteiger partial charge in [-0.1, -0.05) is 25.8 Å². The van der Waals surface area contributed by atoms with Crippen LogP contribution in [0.1, 0.15) is 20.3 Å². The maximum absolute atomic E-state index is 3.33. The van der Waals surface area contributed by atoms with E-state index in [1.54, 1.807) is 0 Å². The summed E-state index contributed by atoms with van der Waals surface area (Å²) in [5, 5.41) is 0. The van der Waals surface area contributed by atoms with Crippen LogP contribution >= 0.6 is 11.9 Å². The molecular formula is C7H15NS. The number of hydrogen-bond acceptors (Lipinski definition) is 2. The summed E-state index contributed by atoms with van der Waals surface area (Å²) in [5.74, 6) is 3.08.